The van der Waals surface area contributed by atoms with Crippen LogP contribution in [0.1, 0.15) is 37.8 Å². The van der Waals surface area contributed by atoms with Crippen LogP contribution in [0.2, 0.25) is 0 Å². The maximum absolute atomic E-state index is 13.7. The molecule has 6 amide bonds. The van der Waals surface area contributed by atoms with E-state index in [1.807, 2.05) is 31.2 Å². The molecule has 5 atom stereocenters. The predicted molar refractivity (Wildman–Crippen MR) is 173 cm³/mol. The lowest BCUT2D eigenvalue weighted by Gasteiger charge is -2.27. The number of carbonyl (C=O) groups is 6. The first kappa shape index (κ1) is 36.0. The standard InChI is InChI=1S/C32H42N8O7/c1-3-17(2)28(40-27(43)16-37-30(45)22(33)14-26(34)42)32(47)39-25(13-19-15-36-23-7-5-4-6-21(19)23)31(46)38-24(29(35)44)12-18-8-10-20(41)11-9-18/h4-11,15,17,22,24-25,28,36,41H,3,12-14,16,33H2,1-2H3,(H2,34,42)(H2,35,44)(H,37,45)(H,38,46)(H,39,47)(H,40,43)/t17-,22-,24-,25-,28-/m0/s1. The lowest BCUT2D eigenvalue weighted by molar-refractivity contribution is -0.134. The number of rotatable bonds is 17. The molecule has 0 radical (unpaired) electrons. The highest BCUT2D eigenvalue weighted by Crippen LogP contribution is 2.20. The summed E-state index contributed by atoms with van der Waals surface area (Å²) in [6.45, 7) is 3.03. The molecule has 0 saturated heterocycles. The van der Waals surface area contributed by atoms with Crippen LogP contribution in [-0.2, 0) is 41.6 Å². The molecule has 3 aromatic rings. The Bertz CT molecular complexity index is 1590. The van der Waals surface area contributed by atoms with Gasteiger partial charge in [0.25, 0.3) is 0 Å². The zero-order valence-electron chi connectivity index (χ0n) is 26.2. The van der Waals surface area contributed by atoms with Crippen LogP contribution in [0.15, 0.2) is 54.7 Å². The number of para-hydroxylation sites is 1. The summed E-state index contributed by atoms with van der Waals surface area (Å²) in [5.41, 5.74) is 18.5. The number of aromatic amines is 1. The third kappa shape index (κ3) is 10.6. The Labute approximate surface area is 271 Å². The van der Waals surface area contributed by atoms with Gasteiger partial charge in [-0.3, -0.25) is 28.8 Å². The van der Waals surface area contributed by atoms with Crippen molar-refractivity contribution in [3.05, 3.63) is 65.9 Å². The Balaban J connectivity index is 1.81. The molecule has 0 bridgehead atoms. The van der Waals surface area contributed by atoms with Crippen LogP contribution in [0.25, 0.3) is 10.9 Å². The van der Waals surface area contributed by atoms with Crippen LogP contribution in [0.4, 0.5) is 0 Å². The SMILES string of the molecule is CC[C@H](C)[C@H](NC(=O)CNC(=O)[C@@H](N)CC(N)=O)C(=O)N[C@@H](Cc1c[nH]c2ccccc12)C(=O)N[C@@H](Cc1ccc(O)cc1)C(N)=O. The van der Waals surface area contributed by atoms with E-state index in [1.54, 1.807) is 25.3 Å². The van der Waals surface area contributed by atoms with Crippen molar-refractivity contribution in [3.8, 4) is 5.75 Å². The number of fused-ring (bicyclic) bond motifs is 1. The Hall–Kier alpha value is -5.44. The molecule has 2 aromatic carbocycles. The second kappa shape index (κ2) is 16.7. The Kier molecular flexibility index (Phi) is 12.8. The monoisotopic (exact) mass is 650 g/mol. The van der Waals surface area contributed by atoms with Gasteiger partial charge in [0.05, 0.1) is 19.0 Å². The van der Waals surface area contributed by atoms with Gasteiger partial charge in [-0.2, -0.15) is 0 Å². The molecule has 0 aliphatic rings. The number of hydrogen-bond acceptors (Lipinski definition) is 8. The zero-order chi connectivity index (χ0) is 34.7. The summed E-state index contributed by atoms with van der Waals surface area (Å²) in [6.07, 6.45) is 1.86. The van der Waals surface area contributed by atoms with E-state index >= 15 is 0 Å². The fraction of sp³-hybridized carbons (Fsp3) is 0.375. The topological polar surface area (TPSA) is 265 Å². The minimum atomic E-state index is -1.24. The van der Waals surface area contributed by atoms with Gasteiger partial charge in [-0.1, -0.05) is 50.6 Å². The Morgan fingerprint density at radius 1 is 0.851 bits per heavy atom. The van der Waals surface area contributed by atoms with E-state index in [2.05, 4.69) is 26.3 Å². The van der Waals surface area contributed by atoms with Crippen molar-refractivity contribution in [2.75, 3.05) is 6.54 Å². The van der Waals surface area contributed by atoms with Gasteiger partial charge in [0.15, 0.2) is 0 Å². The number of aromatic nitrogens is 1. The number of amides is 6. The first-order chi connectivity index (χ1) is 22.3. The number of nitrogens with one attached hydrogen (secondary N) is 5. The fourth-order valence-electron chi connectivity index (χ4n) is 4.89. The Morgan fingerprint density at radius 2 is 1.51 bits per heavy atom. The van der Waals surface area contributed by atoms with Gasteiger partial charge in [0, 0.05) is 29.9 Å². The highest BCUT2D eigenvalue weighted by atomic mass is 16.3. The molecule has 3 rings (SSSR count). The first-order valence-corrected chi connectivity index (χ1v) is 15.1. The van der Waals surface area contributed by atoms with Gasteiger partial charge in [-0.25, -0.2) is 0 Å². The lowest BCUT2D eigenvalue weighted by Crippen LogP contribution is -2.59. The summed E-state index contributed by atoms with van der Waals surface area (Å²) in [5.74, 6) is -4.76. The number of nitrogens with two attached hydrogens (primary N) is 3. The molecular weight excluding hydrogens is 608 g/mol. The number of benzene rings is 2. The normalized spacial score (nSPS) is 14.2. The second-order valence-electron chi connectivity index (χ2n) is 11.4. The third-order valence-corrected chi connectivity index (χ3v) is 7.76. The largest absolute Gasteiger partial charge is 0.508 e. The van der Waals surface area contributed by atoms with E-state index in [4.69, 9.17) is 17.2 Å². The molecule has 47 heavy (non-hydrogen) atoms. The van der Waals surface area contributed by atoms with E-state index in [0.717, 1.165) is 10.9 Å². The Morgan fingerprint density at radius 3 is 2.15 bits per heavy atom. The highest BCUT2D eigenvalue weighted by molar-refractivity contribution is 5.96. The summed E-state index contributed by atoms with van der Waals surface area (Å²) >= 11 is 0. The number of H-pyrrole nitrogens is 1. The summed E-state index contributed by atoms with van der Waals surface area (Å²) < 4.78 is 0. The van der Waals surface area contributed by atoms with Gasteiger partial charge < -0.3 is 48.6 Å². The molecule has 0 unspecified atom stereocenters. The lowest BCUT2D eigenvalue weighted by atomic mass is 9.96. The van der Waals surface area contributed by atoms with E-state index in [0.29, 0.717) is 17.5 Å². The highest BCUT2D eigenvalue weighted by Gasteiger charge is 2.32. The minimum absolute atomic E-state index is 0.0290. The molecule has 15 nitrogen and oxygen atoms in total. The minimum Gasteiger partial charge on any atom is -0.508 e. The molecule has 0 fully saturated rings. The summed E-state index contributed by atoms with van der Waals surface area (Å²) in [5, 5.41) is 20.7. The van der Waals surface area contributed by atoms with E-state index in [9.17, 15) is 33.9 Å². The molecule has 12 N–H and O–H groups in total. The van der Waals surface area contributed by atoms with Crippen molar-refractivity contribution in [1.29, 1.82) is 0 Å². The smallest absolute Gasteiger partial charge is 0.243 e. The van der Waals surface area contributed by atoms with Gasteiger partial charge in [-0.05, 0) is 35.2 Å². The van der Waals surface area contributed by atoms with Crippen molar-refractivity contribution in [2.24, 2.45) is 23.1 Å². The number of primary amides is 2. The summed E-state index contributed by atoms with van der Waals surface area (Å²) in [7, 11) is 0. The van der Waals surface area contributed by atoms with Crippen LogP contribution in [0, 0.1) is 5.92 Å². The zero-order valence-corrected chi connectivity index (χ0v) is 26.2. The van der Waals surface area contributed by atoms with Crippen molar-refractivity contribution in [2.45, 2.75) is 63.7 Å². The predicted octanol–water partition coefficient (Wildman–Crippen LogP) is -1.04. The molecule has 0 aliphatic carbocycles. The number of phenolic OH excluding ortho intramolecular Hbond substituents is 1. The molecule has 0 aliphatic heterocycles. The third-order valence-electron chi connectivity index (χ3n) is 7.76. The molecule has 0 spiro atoms. The molecule has 1 aromatic heterocycles. The number of aromatic hydroxyl groups is 1. The fourth-order valence-corrected chi connectivity index (χ4v) is 4.89. The number of hydrogen-bond donors (Lipinski definition) is 9. The van der Waals surface area contributed by atoms with Gasteiger partial charge >= 0.3 is 0 Å². The van der Waals surface area contributed by atoms with E-state index in [1.165, 1.54) is 12.1 Å². The molecule has 1 heterocycles. The van der Waals surface area contributed by atoms with Crippen LogP contribution in [-0.4, -0.2) is 76.2 Å². The first-order valence-electron chi connectivity index (χ1n) is 15.1. The summed E-state index contributed by atoms with van der Waals surface area (Å²) in [6, 6.07) is 8.81. The van der Waals surface area contributed by atoms with E-state index in [-0.39, 0.29) is 18.6 Å². The molecule has 0 saturated carbocycles. The summed E-state index contributed by atoms with van der Waals surface area (Å²) in [4.78, 5) is 78.9. The van der Waals surface area contributed by atoms with Crippen molar-refractivity contribution in [1.82, 2.24) is 26.3 Å². The molecule has 252 valence electrons. The second-order valence-corrected chi connectivity index (χ2v) is 11.4. The molecular formula is C32H42N8O7. The van der Waals surface area contributed by atoms with E-state index < -0.39 is 78.5 Å². The van der Waals surface area contributed by atoms with Gasteiger partial charge in [-0.15, -0.1) is 0 Å². The molecule has 15 heteroatoms. The van der Waals surface area contributed by atoms with Gasteiger partial charge in [0.1, 0.15) is 23.9 Å². The van der Waals surface area contributed by atoms with Crippen molar-refractivity contribution >= 4 is 46.3 Å². The quantitative estimate of drug-likeness (QED) is 0.0869. The van der Waals surface area contributed by atoms with Crippen molar-refractivity contribution < 1.29 is 33.9 Å². The van der Waals surface area contributed by atoms with Crippen molar-refractivity contribution in [3.63, 3.8) is 0 Å². The van der Waals surface area contributed by atoms with Crippen LogP contribution in [0.3, 0.4) is 0 Å². The van der Waals surface area contributed by atoms with Crippen LogP contribution in [0.5, 0.6) is 5.75 Å². The van der Waals surface area contributed by atoms with Crippen LogP contribution < -0.4 is 38.5 Å². The van der Waals surface area contributed by atoms with Crippen LogP contribution >= 0.6 is 0 Å². The number of carbonyl (C=O) groups excluding carboxylic acids is 6. The maximum Gasteiger partial charge on any atom is 0.243 e. The average molecular weight is 651 g/mol. The number of phenols is 1. The average Bonchev–Trinajstić information content (AvgIpc) is 3.44. The van der Waals surface area contributed by atoms with Gasteiger partial charge in [0.2, 0.25) is 35.4 Å². The maximum atomic E-state index is 13.7.